The number of ether oxygens (including phenoxy) is 1. The Bertz CT molecular complexity index is 166. The minimum atomic E-state index is -1.90. The Hall–Kier alpha value is -0.240. The van der Waals surface area contributed by atoms with Crippen LogP contribution in [-0.2, 0) is 9.57 Å². The fraction of sp³-hybridized carbons (Fsp3) is 1.00. The van der Waals surface area contributed by atoms with Gasteiger partial charge in [0, 0.05) is 0 Å². The van der Waals surface area contributed by atoms with Crippen molar-refractivity contribution in [3.8, 4) is 0 Å². The molecule has 0 aliphatic carbocycles. The number of hydrogen-bond acceptors (Lipinski definition) is 6. The second-order valence-electron chi connectivity index (χ2n) is 2.91. The first-order valence-corrected chi connectivity index (χ1v) is 3.59. The number of hydrogen-bond donors (Lipinski definition) is 4. The lowest BCUT2D eigenvalue weighted by molar-refractivity contribution is -0.252. The van der Waals surface area contributed by atoms with Crippen LogP contribution in [-0.4, -0.2) is 46.0 Å². The van der Waals surface area contributed by atoms with Crippen LogP contribution in [0.5, 0.6) is 0 Å². The monoisotopic (exact) mass is 179 g/mol. The number of rotatable bonds is 2. The highest BCUT2D eigenvalue weighted by Crippen LogP contribution is 2.28. The normalized spacial score (nSPS) is 48.2. The maximum atomic E-state index is 9.46. The van der Waals surface area contributed by atoms with Crippen LogP contribution in [0.25, 0.3) is 0 Å². The topological polar surface area (TPSA) is 105 Å². The molecule has 0 bridgehead atoms. The lowest BCUT2D eigenvalue weighted by Gasteiger charge is -2.24. The fourth-order valence-electron chi connectivity index (χ4n) is 1.22. The van der Waals surface area contributed by atoms with E-state index in [1.54, 1.807) is 0 Å². The molecule has 6 heteroatoms. The first-order valence-electron chi connectivity index (χ1n) is 3.59. The van der Waals surface area contributed by atoms with Crippen LogP contribution >= 0.6 is 0 Å². The smallest absolute Gasteiger partial charge is 0.221 e. The van der Waals surface area contributed by atoms with Crippen LogP contribution < -0.4 is 5.90 Å². The van der Waals surface area contributed by atoms with Gasteiger partial charge in [-0.25, -0.2) is 5.90 Å². The van der Waals surface area contributed by atoms with Crippen LogP contribution in [0.3, 0.4) is 0 Å². The molecule has 0 amide bonds. The molecular weight excluding hydrogens is 166 g/mol. The van der Waals surface area contributed by atoms with Crippen LogP contribution in [0.4, 0.5) is 0 Å². The van der Waals surface area contributed by atoms with Crippen molar-refractivity contribution in [3.05, 3.63) is 0 Å². The molecule has 0 unspecified atom stereocenters. The molecule has 1 fully saturated rings. The summed E-state index contributed by atoms with van der Waals surface area (Å²) in [6.45, 7) is 1.15. The molecule has 4 atom stereocenters. The molecule has 5 N–H and O–H groups in total. The molecule has 0 aromatic carbocycles. The van der Waals surface area contributed by atoms with Gasteiger partial charge in [0.05, 0.1) is 6.10 Å². The van der Waals surface area contributed by atoms with E-state index in [2.05, 4.69) is 4.84 Å². The number of aliphatic hydroxyl groups excluding tert-OH is 2. The Balaban J connectivity index is 2.67. The highest BCUT2D eigenvalue weighted by Gasteiger charge is 2.51. The molecule has 1 aliphatic heterocycles. The molecule has 1 aliphatic rings. The van der Waals surface area contributed by atoms with Gasteiger partial charge in [-0.05, 0) is 6.92 Å². The molecule has 0 saturated carbocycles. The predicted octanol–water partition coefficient (Wildman–Crippen LogP) is -2.29. The van der Waals surface area contributed by atoms with Gasteiger partial charge >= 0.3 is 0 Å². The largest absolute Gasteiger partial charge is 0.387 e. The third kappa shape index (κ3) is 1.45. The van der Waals surface area contributed by atoms with Gasteiger partial charge in [0.15, 0.2) is 0 Å². The zero-order valence-electron chi connectivity index (χ0n) is 6.67. The Morgan fingerprint density at radius 1 is 1.58 bits per heavy atom. The fourth-order valence-corrected chi connectivity index (χ4v) is 1.22. The summed E-state index contributed by atoms with van der Waals surface area (Å²) in [6.07, 6.45) is -3.15. The minimum Gasteiger partial charge on any atom is -0.387 e. The first-order chi connectivity index (χ1) is 5.51. The van der Waals surface area contributed by atoms with Gasteiger partial charge in [0.25, 0.3) is 0 Å². The highest BCUT2D eigenvalue weighted by atomic mass is 16.7. The van der Waals surface area contributed by atoms with E-state index >= 15 is 0 Å². The lowest BCUT2D eigenvalue weighted by atomic mass is 10.1. The van der Waals surface area contributed by atoms with E-state index in [-0.39, 0.29) is 6.61 Å². The van der Waals surface area contributed by atoms with Gasteiger partial charge in [-0.2, -0.15) is 0 Å². The third-order valence-corrected chi connectivity index (χ3v) is 1.95. The van der Waals surface area contributed by atoms with Crippen molar-refractivity contribution in [2.45, 2.75) is 31.0 Å². The van der Waals surface area contributed by atoms with Crippen molar-refractivity contribution in [1.29, 1.82) is 0 Å². The SMILES string of the molecule is C[C@@H]1O[C@](O)(CON)[C@@H](O)[C@@H]1O. The molecule has 6 nitrogen and oxygen atoms in total. The third-order valence-electron chi connectivity index (χ3n) is 1.95. The van der Waals surface area contributed by atoms with Crippen molar-refractivity contribution in [3.63, 3.8) is 0 Å². The van der Waals surface area contributed by atoms with Gasteiger partial charge < -0.3 is 20.1 Å². The van der Waals surface area contributed by atoms with Crippen molar-refractivity contribution < 1.29 is 24.9 Å². The highest BCUT2D eigenvalue weighted by molar-refractivity contribution is 4.93. The maximum Gasteiger partial charge on any atom is 0.221 e. The quantitative estimate of drug-likeness (QED) is 0.355. The molecule has 0 aromatic heterocycles. The van der Waals surface area contributed by atoms with Gasteiger partial charge in [0.2, 0.25) is 5.79 Å². The molecule has 0 aromatic rings. The van der Waals surface area contributed by atoms with E-state index in [0.29, 0.717) is 0 Å². The Labute approximate surface area is 69.5 Å². The summed E-state index contributed by atoms with van der Waals surface area (Å²) in [4.78, 5) is 4.15. The van der Waals surface area contributed by atoms with Crippen molar-refractivity contribution in [2.75, 3.05) is 6.61 Å². The molecule has 0 radical (unpaired) electrons. The van der Waals surface area contributed by atoms with Crippen LogP contribution in [0, 0.1) is 0 Å². The molecular formula is C6H13NO5. The van der Waals surface area contributed by atoms with E-state index in [0.717, 1.165) is 0 Å². The summed E-state index contributed by atoms with van der Waals surface area (Å²) >= 11 is 0. The minimum absolute atomic E-state index is 0.379. The van der Waals surface area contributed by atoms with Crippen LogP contribution in [0.1, 0.15) is 6.92 Å². The molecule has 0 spiro atoms. The Morgan fingerprint density at radius 3 is 2.50 bits per heavy atom. The zero-order valence-corrected chi connectivity index (χ0v) is 6.67. The summed E-state index contributed by atoms with van der Waals surface area (Å²) in [5, 5.41) is 27.9. The van der Waals surface area contributed by atoms with Crippen molar-refractivity contribution in [1.82, 2.24) is 0 Å². The van der Waals surface area contributed by atoms with E-state index in [1.165, 1.54) is 6.92 Å². The summed E-state index contributed by atoms with van der Waals surface area (Å²) < 4.78 is 4.86. The van der Waals surface area contributed by atoms with E-state index < -0.39 is 24.1 Å². The second kappa shape index (κ2) is 3.25. The van der Waals surface area contributed by atoms with Gasteiger partial charge in [0.1, 0.15) is 18.8 Å². The Kier molecular flexibility index (Phi) is 2.67. The van der Waals surface area contributed by atoms with Gasteiger partial charge in [-0.15, -0.1) is 0 Å². The summed E-state index contributed by atoms with van der Waals surface area (Å²) in [7, 11) is 0. The standard InChI is InChI=1S/C6H13NO5/c1-3-4(8)5(9)6(10,12-3)2-11-7/h3-5,8-10H,2,7H2,1H3/t3-,4+,5-,6+/m0/s1. The molecule has 12 heavy (non-hydrogen) atoms. The lowest BCUT2D eigenvalue weighted by Crippen LogP contribution is -2.47. The van der Waals surface area contributed by atoms with Crippen LogP contribution in [0.2, 0.25) is 0 Å². The molecule has 1 heterocycles. The van der Waals surface area contributed by atoms with E-state index in [4.69, 9.17) is 10.6 Å². The van der Waals surface area contributed by atoms with Gasteiger partial charge in [-0.3, -0.25) is 4.84 Å². The van der Waals surface area contributed by atoms with Crippen molar-refractivity contribution >= 4 is 0 Å². The van der Waals surface area contributed by atoms with Crippen LogP contribution in [0.15, 0.2) is 0 Å². The second-order valence-corrected chi connectivity index (χ2v) is 2.91. The van der Waals surface area contributed by atoms with Gasteiger partial charge in [-0.1, -0.05) is 0 Å². The zero-order chi connectivity index (χ0) is 9.35. The molecule has 1 saturated heterocycles. The average Bonchev–Trinajstić information content (AvgIpc) is 2.17. The Morgan fingerprint density at radius 2 is 2.17 bits per heavy atom. The number of nitrogens with two attached hydrogens (primary N) is 1. The van der Waals surface area contributed by atoms with E-state index in [1.807, 2.05) is 0 Å². The first kappa shape index (κ1) is 9.85. The molecule has 72 valence electrons. The summed E-state index contributed by atoms with van der Waals surface area (Å²) in [6, 6.07) is 0. The summed E-state index contributed by atoms with van der Waals surface area (Å²) in [5.74, 6) is 2.82. The maximum absolute atomic E-state index is 9.46. The number of aliphatic hydroxyl groups is 3. The summed E-state index contributed by atoms with van der Waals surface area (Å²) in [5.41, 5.74) is 0. The molecule has 1 rings (SSSR count). The van der Waals surface area contributed by atoms with Crippen molar-refractivity contribution in [2.24, 2.45) is 5.90 Å². The average molecular weight is 179 g/mol. The predicted molar refractivity (Wildman–Crippen MR) is 37.6 cm³/mol. The van der Waals surface area contributed by atoms with E-state index in [9.17, 15) is 15.3 Å².